The normalized spacial score (nSPS) is 23.1. The average Bonchev–Trinajstić information content (AvgIpc) is 2.50. The fraction of sp³-hybridized carbons (Fsp3) is 0.400. The molecule has 0 spiro atoms. The molecule has 2 radical (unpaired) electrons. The predicted octanol–water partition coefficient (Wildman–Crippen LogP) is 4.57. The van der Waals surface area contributed by atoms with Crippen molar-refractivity contribution >= 4 is 19.8 Å². The standard InChI is InChI=1S/C15H20OSSi/c1-5-16-11-13-12-9-7-6-8-10-14(12)17-15(13)18(2,3)4/h6-10,12H,5H2,1-4H3. The summed E-state index contributed by atoms with van der Waals surface area (Å²) >= 11 is 1.93. The largest absolute Gasteiger partial charge is 0.364 e. The zero-order valence-electron chi connectivity index (χ0n) is 11.5. The molecule has 0 saturated carbocycles. The van der Waals surface area contributed by atoms with Crippen LogP contribution in [0, 0.1) is 12.5 Å². The Labute approximate surface area is 116 Å². The molecule has 96 valence electrons. The van der Waals surface area contributed by atoms with Crippen LogP contribution in [0.5, 0.6) is 0 Å². The Morgan fingerprint density at radius 3 is 2.72 bits per heavy atom. The summed E-state index contributed by atoms with van der Waals surface area (Å²) in [6.07, 6.45) is 10.8. The molecule has 18 heavy (non-hydrogen) atoms. The lowest BCUT2D eigenvalue weighted by Crippen LogP contribution is -2.23. The first kappa shape index (κ1) is 13.9. The lowest BCUT2D eigenvalue weighted by Gasteiger charge is -2.19. The summed E-state index contributed by atoms with van der Waals surface area (Å²) < 4.78 is 6.96. The van der Waals surface area contributed by atoms with Crippen LogP contribution in [0.1, 0.15) is 6.92 Å². The Morgan fingerprint density at radius 1 is 1.28 bits per heavy atom. The van der Waals surface area contributed by atoms with Crippen LogP contribution >= 0.6 is 11.8 Å². The van der Waals surface area contributed by atoms with E-state index in [0.29, 0.717) is 12.5 Å². The molecule has 2 rings (SSSR count). The number of rotatable bonds is 4. The maximum absolute atomic E-state index is 5.45. The maximum atomic E-state index is 5.45. The molecule has 1 aliphatic heterocycles. The molecule has 0 aromatic carbocycles. The molecular weight excluding hydrogens is 256 g/mol. The number of hydrogen-bond acceptors (Lipinski definition) is 2. The van der Waals surface area contributed by atoms with Gasteiger partial charge in [0.15, 0.2) is 6.61 Å². The predicted molar refractivity (Wildman–Crippen MR) is 82.7 cm³/mol. The summed E-state index contributed by atoms with van der Waals surface area (Å²) in [4.78, 5) is 1.40. The highest BCUT2D eigenvalue weighted by molar-refractivity contribution is 8.09. The van der Waals surface area contributed by atoms with Crippen molar-refractivity contribution in [2.24, 2.45) is 5.92 Å². The van der Waals surface area contributed by atoms with Gasteiger partial charge in [-0.1, -0.05) is 50.0 Å². The van der Waals surface area contributed by atoms with E-state index in [2.05, 4.69) is 56.6 Å². The van der Waals surface area contributed by atoms with Crippen LogP contribution in [0.15, 0.2) is 45.4 Å². The van der Waals surface area contributed by atoms with E-state index in [4.69, 9.17) is 4.74 Å². The lowest BCUT2D eigenvalue weighted by atomic mass is 10.0. The van der Waals surface area contributed by atoms with E-state index in [9.17, 15) is 0 Å². The highest BCUT2D eigenvalue weighted by Gasteiger charge is 2.36. The molecule has 0 N–H and O–H groups in total. The average molecular weight is 276 g/mol. The minimum atomic E-state index is -1.34. The van der Waals surface area contributed by atoms with Crippen molar-refractivity contribution in [3.8, 4) is 0 Å². The molecular formula is C15H20OSSi. The molecule has 0 saturated heterocycles. The number of fused-ring (bicyclic) bond motifs is 1. The van der Waals surface area contributed by atoms with Gasteiger partial charge in [0.05, 0.1) is 8.07 Å². The first-order valence-corrected chi connectivity index (χ1v) is 10.7. The summed E-state index contributed by atoms with van der Waals surface area (Å²) in [5.41, 5.74) is 1.26. The van der Waals surface area contributed by atoms with Gasteiger partial charge in [0.2, 0.25) is 0 Å². The quantitative estimate of drug-likeness (QED) is 0.696. The summed E-state index contributed by atoms with van der Waals surface area (Å²) in [5, 5.41) is 0. The number of hydrogen-bond donors (Lipinski definition) is 0. The maximum Gasteiger partial charge on any atom is 0.163 e. The molecule has 0 fully saturated rings. The van der Waals surface area contributed by atoms with E-state index >= 15 is 0 Å². The second-order valence-corrected chi connectivity index (χ2v) is 11.9. The van der Waals surface area contributed by atoms with Crippen molar-refractivity contribution in [1.29, 1.82) is 0 Å². The van der Waals surface area contributed by atoms with Crippen molar-refractivity contribution < 1.29 is 4.74 Å². The third-order valence-electron chi connectivity index (χ3n) is 2.88. The molecule has 1 heterocycles. The number of ether oxygens (including phenoxy) is 1. The minimum absolute atomic E-state index is 0.346. The topological polar surface area (TPSA) is 9.23 Å². The summed E-state index contributed by atoms with van der Waals surface area (Å²) in [7, 11) is -1.34. The van der Waals surface area contributed by atoms with Gasteiger partial charge in [0, 0.05) is 17.4 Å². The zero-order valence-corrected chi connectivity index (χ0v) is 13.3. The molecule has 1 unspecified atom stereocenters. The Kier molecular flexibility index (Phi) is 4.36. The first-order chi connectivity index (χ1) is 8.54. The Morgan fingerprint density at radius 2 is 2.06 bits per heavy atom. The van der Waals surface area contributed by atoms with E-state index in [-0.39, 0.29) is 0 Å². The van der Waals surface area contributed by atoms with Crippen molar-refractivity contribution in [1.82, 2.24) is 0 Å². The number of thioether (sulfide) groups is 1. The van der Waals surface area contributed by atoms with Gasteiger partial charge in [0.25, 0.3) is 0 Å². The van der Waals surface area contributed by atoms with Gasteiger partial charge >= 0.3 is 0 Å². The molecule has 3 heteroatoms. The van der Waals surface area contributed by atoms with E-state index in [1.54, 1.807) is 0 Å². The Hall–Kier alpha value is -0.513. The van der Waals surface area contributed by atoms with Crippen LogP contribution in [0.3, 0.4) is 0 Å². The molecule has 0 aromatic heterocycles. The molecule has 0 aromatic rings. The Bertz CT molecular complexity index is 438. The van der Waals surface area contributed by atoms with E-state index in [1.807, 2.05) is 18.7 Å². The van der Waals surface area contributed by atoms with Gasteiger partial charge in [-0.15, -0.1) is 11.8 Å². The zero-order chi connectivity index (χ0) is 13.2. The van der Waals surface area contributed by atoms with Crippen LogP contribution in [-0.2, 0) is 4.74 Å². The Balaban J connectivity index is 2.35. The molecule has 1 atom stereocenters. The highest BCUT2D eigenvalue weighted by Crippen LogP contribution is 2.50. The molecule has 2 aliphatic rings. The van der Waals surface area contributed by atoms with Crippen molar-refractivity contribution in [2.75, 3.05) is 6.61 Å². The van der Waals surface area contributed by atoms with Gasteiger partial charge in [-0.05, 0) is 17.0 Å². The molecule has 1 nitrogen and oxygen atoms in total. The number of allylic oxidation sites excluding steroid dienone is 6. The van der Waals surface area contributed by atoms with Crippen LogP contribution in [0.2, 0.25) is 19.6 Å². The van der Waals surface area contributed by atoms with E-state index in [1.165, 1.54) is 15.0 Å². The first-order valence-electron chi connectivity index (χ1n) is 6.39. The minimum Gasteiger partial charge on any atom is -0.364 e. The third kappa shape index (κ3) is 2.90. The fourth-order valence-electron chi connectivity index (χ4n) is 2.06. The second kappa shape index (κ2) is 5.64. The van der Waals surface area contributed by atoms with Crippen LogP contribution in [0.4, 0.5) is 0 Å². The monoisotopic (exact) mass is 276 g/mol. The summed E-state index contributed by atoms with van der Waals surface area (Å²) in [5.74, 6) is 0.346. The van der Waals surface area contributed by atoms with Crippen molar-refractivity contribution in [3.63, 3.8) is 0 Å². The van der Waals surface area contributed by atoms with Gasteiger partial charge in [0.1, 0.15) is 0 Å². The van der Waals surface area contributed by atoms with Crippen LogP contribution in [0.25, 0.3) is 0 Å². The van der Waals surface area contributed by atoms with Gasteiger partial charge < -0.3 is 4.74 Å². The smallest absolute Gasteiger partial charge is 0.163 e. The molecule has 1 aliphatic carbocycles. The van der Waals surface area contributed by atoms with E-state index in [0.717, 1.165) is 0 Å². The van der Waals surface area contributed by atoms with Gasteiger partial charge in [-0.2, -0.15) is 0 Å². The highest BCUT2D eigenvalue weighted by atomic mass is 32.2. The molecule has 0 bridgehead atoms. The lowest BCUT2D eigenvalue weighted by molar-refractivity contribution is 0.225. The van der Waals surface area contributed by atoms with Gasteiger partial charge in [-0.25, -0.2) is 0 Å². The van der Waals surface area contributed by atoms with Crippen LogP contribution in [-0.4, -0.2) is 14.7 Å². The van der Waals surface area contributed by atoms with E-state index < -0.39 is 8.07 Å². The third-order valence-corrected chi connectivity index (χ3v) is 7.70. The second-order valence-electron chi connectivity index (χ2n) is 5.45. The summed E-state index contributed by atoms with van der Waals surface area (Å²) in [6, 6.07) is 0. The molecule has 0 amide bonds. The van der Waals surface area contributed by atoms with Crippen LogP contribution < -0.4 is 0 Å². The summed E-state index contributed by atoms with van der Waals surface area (Å²) in [6.45, 7) is 13.0. The van der Waals surface area contributed by atoms with Crippen molar-refractivity contribution in [3.05, 3.63) is 52.0 Å². The van der Waals surface area contributed by atoms with Crippen molar-refractivity contribution in [2.45, 2.75) is 26.6 Å². The van der Waals surface area contributed by atoms with Gasteiger partial charge in [-0.3, -0.25) is 0 Å². The SMILES string of the molecule is CCO[C]C1=C([Si](C)(C)C)SC2=CC=CC=CC21. The fourth-order valence-corrected chi connectivity index (χ4v) is 5.63.